The van der Waals surface area contributed by atoms with Crippen LogP contribution >= 0.6 is 11.3 Å². The van der Waals surface area contributed by atoms with Gasteiger partial charge in [-0.15, -0.1) is 0 Å². The maximum atomic E-state index is 5.78. The Hall–Kier alpha value is -2.14. The van der Waals surface area contributed by atoms with E-state index in [1.54, 1.807) is 15.9 Å². The highest BCUT2D eigenvalue weighted by Gasteiger charge is 2.11. The Labute approximate surface area is 106 Å². The van der Waals surface area contributed by atoms with E-state index in [1.165, 1.54) is 0 Å². The topological polar surface area (TPSA) is 43.3 Å². The summed E-state index contributed by atoms with van der Waals surface area (Å²) in [7, 11) is 0. The van der Waals surface area contributed by atoms with Crippen LogP contribution in [0.4, 0.5) is 0 Å². The van der Waals surface area contributed by atoms with Gasteiger partial charge in [0.25, 0.3) is 0 Å². The van der Waals surface area contributed by atoms with Gasteiger partial charge in [-0.25, -0.2) is 9.50 Å². The zero-order chi connectivity index (χ0) is 12.1. The quantitative estimate of drug-likeness (QED) is 0.522. The number of fused-ring (bicyclic) bond motifs is 2. The Morgan fingerprint density at radius 1 is 1.28 bits per heavy atom. The predicted molar refractivity (Wildman–Crippen MR) is 70.8 cm³/mol. The van der Waals surface area contributed by atoms with Crippen molar-refractivity contribution >= 4 is 27.3 Å². The molecule has 3 aromatic heterocycles. The summed E-state index contributed by atoms with van der Waals surface area (Å²) in [6.07, 6.45) is 1.90. The second kappa shape index (κ2) is 3.43. The molecule has 0 unspecified atom stereocenters. The van der Waals surface area contributed by atoms with E-state index in [4.69, 9.17) is 4.42 Å². The smallest absolute Gasteiger partial charge is 0.212 e. The molecule has 5 heteroatoms. The molecule has 4 aromatic rings. The van der Waals surface area contributed by atoms with Crippen molar-refractivity contribution in [2.75, 3.05) is 0 Å². The Morgan fingerprint density at radius 2 is 2.17 bits per heavy atom. The zero-order valence-electron chi connectivity index (χ0n) is 9.62. The molecule has 0 saturated heterocycles. The van der Waals surface area contributed by atoms with Crippen LogP contribution in [0.25, 0.3) is 27.4 Å². The summed E-state index contributed by atoms with van der Waals surface area (Å²) in [6, 6.07) is 9.96. The molecular weight excluding hydrogens is 246 g/mol. The summed E-state index contributed by atoms with van der Waals surface area (Å²) >= 11 is 1.57. The third-order valence-corrected chi connectivity index (χ3v) is 3.66. The van der Waals surface area contributed by atoms with Crippen molar-refractivity contribution in [2.24, 2.45) is 0 Å². The van der Waals surface area contributed by atoms with Gasteiger partial charge in [-0.1, -0.05) is 29.5 Å². The zero-order valence-corrected chi connectivity index (χ0v) is 10.4. The molecule has 4 rings (SSSR count). The maximum Gasteiger partial charge on any atom is 0.212 e. The number of furan rings is 1. The fourth-order valence-electron chi connectivity index (χ4n) is 2.03. The van der Waals surface area contributed by atoms with E-state index in [1.807, 2.05) is 43.5 Å². The first-order chi connectivity index (χ1) is 8.79. The van der Waals surface area contributed by atoms with Crippen LogP contribution in [0.15, 0.2) is 40.9 Å². The summed E-state index contributed by atoms with van der Waals surface area (Å²) in [4.78, 5) is 5.42. The molecule has 0 radical (unpaired) electrons. The molecule has 0 aliphatic carbocycles. The number of nitrogens with zero attached hydrogens (tertiary/aromatic N) is 3. The first-order valence-electron chi connectivity index (χ1n) is 5.61. The summed E-state index contributed by atoms with van der Waals surface area (Å²) in [5, 5.41) is 6.44. The maximum absolute atomic E-state index is 5.78. The van der Waals surface area contributed by atoms with Crippen LogP contribution in [0, 0.1) is 6.92 Å². The summed E-state index contributed by atoms with van der Waals surface area (Å²) < 4.78 is 7.58. The molecule has 0 aliphatic heterocycles. The van der Waals surface area contributed by atoms with Crippen molar-refractivity contribution in [1.29, 1.82) is 0 Å². The fourth-order valence-corrected chi connectivity index (χ4v) is 2.75. The lowest BCUT2D eigenvalue weighted by molar-refractivity contribution is 0.629. The van der Waals surface area contributed by atoms with E-state index in [0.717, 1.165) is 32.4 Å². The van der Waals surface area contributed by atoms with Crippen molar-refractivity contribution in [3.63, 3.8) is 0 Å². The van der Waals surface area contributed by atoms with E-state index in [0.29, 0.717) is 0 Å². The van der Waals surface area contributed by atoms with Gasteiger partial charge >= 0.3 is 0 Å². The fraction of sp³-hybridized carbons (Fsp3) is 0.0769. The average molecular weight is 255 g/mol. The van der Waals surface area contributed by atoms with Gasteiger partial charge in [-0.05, 0) is 19.1 Å². The first-order valence-corrected chi connectivity index (χ1v) is 6.43. The Kier molecular flexibility index (Phi) is 1.87. The van der Waals surface area contributed by atoms with Gasteiger partial charge in [0, 0.05) is 5.39 Å². The molecule has 0 aliphatic rings. The normalized spacial score (nSPS) is 11.6. The Morgan fingerprint density at radius 3 is 3.00 bits per heavy atom. The highest BCUT2D eigenvalue weighted by molar-refractivity contribution is 7.16. The number of aryl methyl sites for hydroxylation is 1. The van der Waals surface area contributed by atoms with Crippen LogP contribution < -0.4 is 0 Å². The second-order valence-corrected chi connectivity index (χ2v) is 5.28. The molecule has 88 valence electrons. The standard InChI is InChI=1S/C13H9N3OS/c1-8-15-16-7-10(14-13(16)18-8)12-6-9-4-2-3-5-11(9)17-12/h2-7H,1H3. The summed E-state index contributed by atoms with van der Waals surface area (Å²) in [5.74, 6) is 0.784. The minimum atomic E-state index is 0.784. The van der Waals surface area contributed by atoms with Gasteiger partial charge in [0.05, 0.1) is 6.20 Å². The van der Waals surface area contributed by atoms with Crippen molar-refractivity contribution in [2.45, 2.75) is 6.92 Å². The lowest BCUT2D eigenvalue weighted by Crippen LogP contribution is -1.79. The lowest BCUT2D eigenvalue weighted by Gasteiger charge is -1.86. The van der Waals surface area contributed by atoms with Gasteiger partial charge in [-0.3, -0.25) is 0 Å². The van der Waals surface area contributed by atoms with Gasteiger partial charge in [0.1, 0.15) is 16.3 Å². The largest absolute Gasteiger partial charge is 0.454 e. The van der Waals surface area contributed by atoms with Crippen LogP contribution in [0.3, 0.4) is 0 Å². The number of rotatable bonds is 1. The van der Waals surface area contributed by atoms with Crippen LogP contribution in [0.5, 0.6) is 0 Å². The molecule has 18 heavy (non-hydrogen) atoms. The van der Waals surface area contributed by atoms with Crippen LogP contribution in [0.1, 0.15) is 5.01 Å². The van der Waals surface area contributed by atoms with Gasteiger partial charge < -0.3 is 4.42 Å². The monoisotopic (exact) mass is 255 g/mol. The van der Waals surface area contributed by atoms with Crippen LogP contribution in [-0.2, 0) is 0 Å². The highest BCUT2D eigenvalue weighted by Crippen LogP contribution is 2.28. The highest BCUT2D eigenvalue weighted by atomic mass is 32.1. The minimum absolute atomic E-state index is 0.784. The molecule has 0 fully saturated rings. The molecule has 0 amide bonds. The second-order valence-electron chi connectivity index (χ2n) is 4.12. The average Bonchev–Trinajstić information content (AvgIpc) is 2.98. The molecular formula is C13H9N3OS. The minimum Gasteiger partial charge on any atom is -0.454 e. The van der Waals surface area contributed by atoms with Gasteiger partial charge in [0.2, 0.25) is 4.96 Å². The van der Waals surface area contributed by atoms with E-state index in [-0.39, 0.29) is 0 Å². The molecule has 0 saturated carbocycles. The molecule has 4 nitrogen and oxygen atoms in total. The van der Waals surface area contributed by atoms with E-state index >= 15 is 0 Å². The Balaban J connectivity index is 1.92. The van der Waals surface area contributed by atoms with E-state index < -0.39 is 0 Å². The first kappa shape index (κ1) is 9.85. The molecule has 1 aromatic carbocycles. The summed E-state index contributed by atoms with van der Waals surface area (Å²) in [5.41, 5.74) is 1.71. The number of imidazole rings is 1. The van der Waals surface area contributed by atoms with Crippen molar-refractivity contribution in [3.05, 3.63) is 41.5 Å². The van der Waals surface area contributed by atoms with Gasteiger partial charge in [-0.2, -0.15) is 5.10 Å². The summed E-state index contributed by atoms with van der Waals surface area (Å²) in [6.45, 7) is 1.97. The van der Waals surface area contributed by atoms with Gasteiger partial charge in [0.15, 0.2) is 5.76 Å². The molecule has 0 bridgehead atoms. The molecule has 0 atom stereocenters. The predicted octanol–water partition coefficient (Wildman–Crippen LogP) is 3.51. The van der Waals surface area contributed by atoms with E-state index in [9.17, 15) is 0 Å². The van der Waals surface area contributed by atoms with Crippen molar-refractivity contribution in [3.8, 4) is 11.5 Å². The third-order valence-electron chi connectivity index (χ3n) is 2.82. The molecule has 0 spiro atoms. The number of benzene rings is 1. The van der Waals surface area contributed by atoms with Crippen LogP contribution in [-0.4, -0.2) is 14.6 Å². The number of para-hydroxylation sites is 1. The SMILES string of the molecule is Cc1nn2cc(-c3cc4ccccc4o3)nc2s1. The number of hydrogen-bond acceptors (Lipinski definition) is 4. The number of aromatic nitrogens is 3. The third kappa shape index (κ3) is 1.37. The van der Waals surface area contributed by atoms with Crippen LogP contribution in [0.2, 0.25) is 0 Å². The van der Waals surface area contributed by atoms with Crippen molar-refractivity contribution < 1.29 is 4.42 Å². The number of hydrogen-bond donors (Lipinski definition) is 0. The van der Waals surface area contributed by atoms with E-state index in [2.05, 4.69) is 10.1 Å². The Bertz CT molecular complexity index is 791. The molecule has 0 N–H and O–H groups in total. The lowest BCUT2D eigenvalue weighted by atomic mass is 10.2. The molecule has 3 heterocycles. The van der Waals surface area contributed by atoms with Crippen molar-refractivity contribution in [1.82, 2.24) is 14.6 Å².